The summed E-state index contributed by atoms with van der Waals surface area (Å²) in [4.78, 5) is 7.47. The molecule has 0 aliphatic rings. The van der Waals surface area contributed by atoms with Crippen LogP contribution in [0.3, 0.4) is 0 Å². The molecule has 0 radical (unpaired) electrons. The molecule has 0 spiro atoms. The lowest BCUT2D eigenvalue weighted by molar-refractivity contribution is 1.17. The van der Waals surface area contributed by atoms with E-state index in [0.29, 0.717) is 0 Å². The number of nitrogens with zero attached hydrogens (tertiary/aromatic N) is 3. The van der Waals surface area contributed by atoms with Gasteiger partial charge in [-0.05, 0) is 82.6 Å². The van der Waals surface area contributed by atoms with Crippen molar-refractivity contribution in [2.24, 2.45) is 0 Å². The van der Waals surface area contributed by atoms with E-state index in [9.17, 15) is 0 Å². The molecule has 0 N–H and O–H groups in total. The predicted molar refractivity (Wildman–Crippen MR) is 209 cm³/mol. The number of para-hydroxylation sites is 2. The van der Waals surface area contributed by atoms with Gasteiger partial charge in [0.15, 0.2) is 0 Å². The highest BCUT2D eigenvalue weighted by atomic mass is 32.1. The second-order valence-corrected chi connectivity index (χ2v) is 13.6. The van der Waals surface area contributed by atoms with Gasteiger partial charge in [0.25, 0.3) is 0 Å². The van der Waals surface area contributed by atoms with Crippen molar-refractivity contribution in [3.05, 3.63) is 176 Å². The molecule has 3 nitrogen and oxygen atoms in total. The molecule has 49 heavy (non-hydrogen) atoms. The van der Waals surface area contributed by atoms with Crippen LogP contribution in [0.1, 0.15) is 0 Å². The Balaban J connectivity index is 1.19. The van der Waals surface area contributed by atoms with Gasteiger partial charge in [0.2, 0.25) is 0 Å². The van der Waals surface area contributed by atoms with E-state index >= 15 is 0 Å². The second-order valence-electron chi connectivity index (χ2n) is 12.5. The van der Waals surface area contributed by atoms with Gasteiger partial charge < -0.3 is 4.57 Å². The van der Waals surface area contributed by atoms with Gasteiger partial charge >= 0.3 is 0 Å². The quantitative estimate of drug-likeness (QED) is 0.186. The molecule has 0 aliphatic heterocycles. The summed E-state index contributed by atoms with van der Waals surface area (Å²) < 4.78 is 4.87. The molecule has 4 heteroatoms. The largest absolute Gasteiger partial charge is 0.309 e. The van der Waals surface area contributed by atoms with Crippen LogP contribution in [0.15, 0.2) is 176 Å². The number of thiophene rings is 1. The minimum absolute atomic E-state index is 0.887. The Morgan fingerprint density at radius 2 is 1.08 bits per heavy atom. The van der Waals surface area contributed by atoms with Gasteiger partial charge in [0.1, 0.15) is 5.82 Å². The van der Waals surface area contributed by atoms with E-state index in [0.717, 1.165) is 28.4 Å². The van der Waals surface area contributed by atoms with Crippen LogP contribution in [0.5, 0.6) is 0 Å². The molecule has 0 atom stereocenters. The van der Waals surface area contributed by atoms with Crippen LogP contribution in [-0.4, -0.2) is 9.55 Å². The Bertz CT molecular complexity index is 2820. The van der Waals surface area contributed by atoms with Crippen LogP contribution in [0.4, 0.5) is 17.2 Å². The van der Waals surface area contributed by atoms with E-state index in [-0.39, 0.29) is 0 Å². The number of hydrogen-bond acceptors (Lipinski definition) is 3. The smallest absolute Gasteiger partial charge is 0.138 e. The van der Waals surface area contributed by atoms with Crippen LogP contribution in [0.25, 0.3) is 69.6 Å². The molecular formula is C45H29N3S. The number of rotatable bonds is 5. The van der Waals surface area contributed by atoms with Crippen LogP contribution in [0.2, 0.25) is 0 Å². The highest BCUT2D eigenvalue weighted by Gasteiger charge is 2.19. The zero-order chi connectivity index (χ0) is 32.3. The molecule has 0 aliphatic carbocycles. The molecule has 3 heterocycles. The number of benzene rings is 7. The molecule has 230 valence electrons. The number of aromatic nitrogens is 2. The number of pyridine rings is 1. The van der Waals surface area contributed by atoms with E-state index in [2.05, 4.69) is 186 Å². The molecule has 0 saturated carbocycles. The fourth-order valence-corrected chi connectivity index (χ4v) is 8.41. The Hall–Kier alpha value is -6.23. The van der Waals surface area contributed by atoms with Gasteiger partial charge in [-0.25, -0.2) is 4.98 Å². The van der Waals surface area contributed by atoms with Crippen molar-refractivity contribution in [1.82, 2.24) is 9.55 Å². The first kappa shape index (κ1) is 27.8. The summed E-state index contributed by atoms with van der Waals surface area (Å²) in [6.45, 7) is 0. The average molecular weight is 644 g/mol. The number of fused-ring (bicyclic) bond motifs is 7. The second kappa shape index (κ2) is 11.2. The first-order valence-corrected chi connectivity index (χ1v) is 17.4. The standard InChI is InChI=1S/C45H29N3S/c1-3-11-30(12-4-1)31-19-21-35(22-20-31)47(45-28-44-40(29-46-45)39-25-32-13-7-8-14-33(32)26-43(39)49-44)36-23-24-38-37-17-9-10-18-41(37)48(42(38)27-36)34-15-5-2-6-16-34/h1-29H. The maximum absolute atomic E-state index is 5.17. The van der Waals surface area contributed by atoms with E-state index in [4.69, 9.17) is 4.98 Å². The van der Waals surface area contributed by atoms with Crippen molar-refractivity contribution in [3.8, 4) is 16.8 Å². The fourth-order valence-electron chi connectivity index (χ4n) is 7.27. The van der Waals surface area contributed by atoms with Crippen molar-refractivity contribution in [3.63, 3.8) is 0 Å². The summed E-state index contributed by atoms with van der Waals surface area (Å²) in [5.74, 6) is 0.887. The van der Waals surface area contributed by atoms with E-state index in [1.54, 1.807) is 0 Å². The average Bonchev–Trinajstić information content (AvgIpc) is 3.69. The third kappa shape index (κ3) is 4.61. The summed E-state index contributed by atoms with van der Waals surface area (Å²) >= 11 is 1.83. The first-order chi connectivity index (χ1) is 24.3. The molecule has 10 aromatic rings. The van der Waals surface area contributed by atoms with Gasteiger partial charge in [-0.2, -0.15) is 0 Å². The molecule has 0 fully saturated rings. The van der Waals surface area contributed by atoms with Crippen LogP contribution >= 0.6 is 11.3 Å². The van der Waals surface area contributed by atoms with Gasteiger partial charge in [-0.1, -0.05) is 109 Å². The summed E-state index contributed by atoms with van der Waals surface area (Å²) in [7, 11) is 0. The molecule has 10 rings (SSSR count). The number of hydrogen-bond donors (Lipinski definition) is 0. The van der Waals surface area contributed by atoms with Gasteiger partial charge in [-0.15, -0.1) is 11.3 Å². The lowest BCUT2D eigenvalue weighted by Crippen LogP contribution is -2.11. The van der Waals surface area contributed by atoms with Crippen molar-refractivity contribution >= 4 is 81.3 Å². The van der Waals surface area contributed by atoms with Crippen LogP contribution < -0.4 is 4.90 Å². The maximum atomic E-state index is 5.17. The van der Waals surface area contributed by atoms with Gasteiger partial charge in [0.05, 0.1) is 11.0 Å². The summed E-state index contributed by atoms with van der Waals surface area (Å²) in [5, 5.41) is 7.42. The monoisotopic (exact) mass is 643 g/mol. The minimum atomic E-state index is 0.887. The van der Waals surface area contributed by atoms with E-state index < -0.39 is 0 Å². The van der Waals surface area contributed by atoms with E-state index in [1.165, 1.54) is 58.4 Å². The Labute approximate surface area is 287 Å². The third-order valence-electron chi connectivity index (χ3n) is 9.60. The maximum Gasteiger partial charge on any atom is 0.138 e. The highest BCUT2D eigenvalue weighted by Crippen LogP contribution is 2.42. The van der Waals surface area contributed by atoms with E-state index in [1.807, 2.05) is 11.3 Å². The SMILES string of the molecule is c1ccc(-c2ccc(N(c3ccc4c5ccccc5n(-c5ccccc5)c4c3)c3cc4sc5cc6ccccc6cc5c4cn3)cc2)cc1. The fraction of sp³-hybridized carbons (Fsp3) is 0. The first-order valence-electron chi connectivity index (χ1n) is 16.5. The minimum Gasteiger partial charge on any atom is -0.309 e. The van der Waals surface area contributed by atoms with Crippen molar-refractivity contribution in [2.45, 2.75) is 0 Å². The van der Waals surface area contributed by atoms with Crippen molar-refractivity contribution in [2.75, 3.05) is 4.90 Å². The lowest BCUT2D eigenvalue weighted by Gasteiger charge is -2.25. The zero-order valence-corrected chi connectivity index (χ0v) is 27.3. The van der Waals surface area contributed by atoms with Crippen molar-refractivity contribution in [1.29, 1.82) is 0 Å². The Kier molecular flexibility index (Phi) is 6.36. The molecule has 0 saturated heterocycles. The molecule has 0 bridgehead atoms. The van der Waals surface area contributed by atoms with Crippen LogP contribution in [-0.2, 0) is 0 Å². The molecular weight excluding hydrogens is 615 g/mol. The van der Waals surface area contributed by atoms with Crippen LogP contribution in [0, 0.1) is 0 Å². The van der Waals surface area contributed by atoms with Gasteiger partial charge in [0, 0.05) is 54.2 Å². The zero-order valence-electron chi connectivity index (χ0n) is 26.5. The molecule has 7 aromatic carbocycles. The lowest BCUT2D eigenvalue weighted by atomic mass is 10.0. The van der Waals surface area contributed by atoms with Gasteiger partial charge in [-0.3, -0.25) is 4.90 Å². The molecule has 0 amide bonds. The summed E-state index contributed by atoms with van der Waals surface area (Å²) in [5.41, 5.74) is 7.98. The predicted octanol–water partition coefficient (Wildman–Crippen LogP) is 12.8. The number of anilines is 3. The summed E-state index contributed by atoms with van der Waals surface area (Å²) in [6, 6.07) is 61.0. The Morgan fingerprint density at radius 3 is 1.90 bits per heavy atom. The highest BCUT2D eigenvalue weighted by molar-refractivity contribution is 7.25. The Morgan fingerprint density at radius 1 is 0.449 bits per heavy atom. The van der Waals surface area contributed by atoms with Crippen molar-refractivity contribution < 1.29 is 0 Å². The normalized spacial score (nSPS) is 11.7. The topological polar surface area (TPSA) is 21.1 Å². The summed E-state index contributed by atoms with van der Waals surface area (Å²) in [6.07, 6.45) is 2.06. The molecule has 3 aromatic heterocycles. The molecule has 0 unspecified atom stereocenters. The third-order valence-corrected chi connectivity index (χ3v) is 10.7.